The van der Waals surface area contributed by atoms with E-state index in [0.29, 0.717) is 17.2 Å². The van der Waals surface area contributed by atoms with Crippen LogP contribution >= 0.6 is 0 Å². The molecule has 3 aromatic carbocycles. The Labute approximate surface area is 181 Å². The molecule has 0 saturated heterocycles. The molecule has 0 spiro atoms. The van der Waals surface area contributed by atoms with Crippen LogP contribution in [-0.4, -0.2) is 20.1 Å². The molecule has 6 nitrogen and oxygen atoms in total. The van der Waals surface area contributed by atoms with Gasteiger partial charge in [-0.3, -0.25) is 4.79 Å². The predicted octanol–water partition coefficient (Wildman–Crippen LogP) is 4.43. The van der Waals surface area contributed by atoms with Gasteiger partial charge >= 0.3 is 0 Å². The average molecular weight is 413 g/mol. The Morgan fingerprint density at radius 3 is 2.06 bits per heavy atom. The summed E-state index contributed by atoms with van der Waals surface area (Å²) in [6.45, 7) is 0. The maximum atomic E-state index is 12.9. The lowest BCUT2D eigenvalue weighted by atomic mass is 9.98. The molecule has 1 amide bonds. The van der Waals surface area contributed by atoms with Gasteiger partial charge in [-0.15, -0.1) is 0 Å². The van der Waals surface area contributed by atoms with Crippen molar-refractivity contribution in [1.29, 1.82) is 5.26 Å². The molecule has 0 heterocycles. The van der Waals surface area contributed by atoms with Crippen molar-refractivity contribution in [3.63, 3.8) is 0 Å². The smallest absolute Gasteiger partial charge is 0.264 e. The number of nitriles is 1. The summed E-state index contributed by atoms with van der Waals surface area (Å²) < 4.78 is 10.5. The molecular weight excluding hydrogens is 390 g/mol. The second kappa shape index (κ2) is 10.5. The Hall–Kier alpha value is -4.24. The second-order valence-electron chi connectivity index (χ2n) is 6.61. The number of carbonyl (C=O) groups excluding carboxylic acids is 1. The van der Waals surface area contributed by atoms with Gasteiger partial charge in [0.15, 0.2) is 0 Å². The maximum Gasteiger partial charge on any atom is 0.264 e. The summed E-state index contributed by atoms with van der Waals surface area (Å²) in [5, 5.41) is 15.5. The highest BCUT2D eigenvalue weighted by Gasteiger charge is 2.19. The van der Waals surface area contributed by atoms with Crippen LogP contribution in [0.15, 0.2) is 90.6 Å². The first-order valence-electron chi connectivity index (χ1n) is 9.66. The molecule has 0 unspecified atom stereocenters. The number of ether oxygens (including phenoxy) is 2. The van der Waals surface area contributed by atoms with Crippen molar-refractivity contribution in [3.8, 4) is 17.6 Å². The van der Waals surface area contributed by atoms with Crippen LogP contribution in [0, 0.1) is 11.3 Å². The van der Waals surface area contributed by atoms with E-state index in [4.69, 9.17) is 9.47 Å². The molecule has 0 atom stereocenters. The van der Waals surface area contributed by atoms with Gasteiger partial charge in [-0.2, -0.15) is 5.26 Å². The number of hydrogen-bond donors (Lipinski definition) is 2. The zero-order valence-corrected chi connectivity index (χ0v) is 17.3. The number of hydrogen-bond acceptors (Lipinski definition) is 5. The molecule has 0 bridgehead atoms. The highest BCUT2D eigenvalue weighted by atomic mass is 16.5. The summed E-state index contributed by atoms with van der Waals surface area (Å²) in [6, 6.07) is 26.0. The predicted molar refractivity (Wildman–Crippen MR) is 120 cm³/mol. The Kier molecular flexibility index (Phi) is 7.28. The van der Waals surface area contributed by atoms with Gasteiger partial charge in [0.25, 0.3) is 5.91 Å². The first kappa shape index (κ1) is 21.5. The van der Waals surface area contributed by atoms with Gasteiger partial charge in [-0.25, -0.2) is 0 Å². The third kappa shape index (κ3) is 5.43. The fourth-order valence-corrected chi connectivity index (χ4v) is 3.08. The fourth-order valence-electron chi connectivity index (χ4n) is 3.08. The maximum absolute atomic E-state index is 12.9. The van der Waals surface area contributed by atoms with E-state index >= 15 is 0 Å². The summed E-state index contributed by atoms with van der Waals surface area (Å²) in [4.78, 5) is 12.9. The zero-order valence-electron chi connectivity index (χ0n) is 17.3. The number of amides is 1. The van der Waals surface area contributed by atoms with Crippen molar-refractivity contribution >= 4 is 11.6 Å². The standard InChI is InChI=1S/C25H23N3O3/c1-30-21-13-14-22(23(15-21)31-2)27-17-20(16-26)25(29)28-24(18-9-5-3-6-10-18)19-11-7-4-8-12-19/h3-15,17,24,27H,1-2H3,(H,28,29)/b20-17-. The lowest BCUT2D eigenvalue weighted by Gasteiger charge is -2.19. The number of anilines is 1. The van der Waals surface area contributed by atoms with E-state index in [9.17, 15) is 10.1 Å². The number of nitrogens with zero attached hydrogens (tertiary/aromatic N) is 1. The Morgan fingerprint density at radius 2 is 1.55 bits per heavy atom. The Bertz CT molecular complexity index is 1050. The molecule has 0 saturated carbocycles. The van der Waals surface area contributed by atoms with E-state index in [1.54, 1.807) is 25.3 Å². The van der Waals surface area contributed by atoms with Gasteiger partial charge in [0.2, 0.25) is 0 Å². The summed E-state index contributed by atoms with van der Waals surface area (Å²) in [7, 11) is 3.10. The second-order valence-corrected chi connectivity index (χ2v) is 6.61. The van der Waals surface area contributed by atoms with E-state index in [1.807, 2.05) is 66.7 Å². The van der Waals surface area contributed by atoms with E-state index in [1.165, 1.54) is 13.3 Å². The summed E-state index contributed by atoms with van der Waals surface area (Å²) in [6.07, 6.45) is 1.37. The molecule has 0 aliphatic rings. The van der Waals surface area contributed by atoms with Crippen LogP contribution in [0.3, 0.4) is 0 Å². The van der Waals surface area contributed by atoms with Crippen molar-refractivity contribution in [1.82, 2.24) is 5.32 Å². The molecule has 0 radical (unpaired) electrons. The van der Waals surface area contributed by atoms with Gasteiger partial charge in [-0.05, 0) is 23.3 Å². The van der Waals surface area contributed by atoms with Gasteiger partial charge in [0, 0.05) is 12.3 Å². The molecular formula is C25H23N3O3. The topological polar surface area (TPSA) is 83.4 Å². The van der Waals surface area contributed by atoms with Crippen molar-refractivity contribution in [3.05, 3.63) is 102 Å². The highest BCUT2D eigenvalue weighted by Crippen LogP contribution is 2.29. The van der Waals surface area contributed by atoms with Gasteiger partial charge in [-0.1, -0.05) is 60.7 Å². The van der Waals surface area contributed by atoms with Crippen LogP contribution in [0.1, 0.15) is 17.2 Å². The third-order valence-electron chi connectivity index (χ3n) is 4.69. The molecule has 0 aromatic heterocycles. The van der Waals surface area contributed by atoms with E-state index in [2.05, 4.69) is 10.6 Å². The minimum absolute atomic E-state index is 0.0604. The van der Waals surface area contributed by atoms with Crippen LogP contribution < -0.4 is 20.1 Å². The van der Waals surface area contributed by atoms with E-state index in [-0.39, 0.29) is 11.6 Å². The zero-order chi connectivity index (χ0) is 22.1. The molecule has 156 valence electrons. The van der Waals surface area contributed by atoms with Crippen molar-refractivity contribution in [2.24, 2.45) is 0 Å². The van der Waals surface area contributed by atoms with Crippen LogP contribution in [-0.2, 0) is 4.79 Å². The lowest BCUT2D eigenvalue weighted by Crippen LogP contribution is -2.30. The average Bonchev–Trinajstić information content (AvgIpc) is 2.84. The molecule has 0 fully saturated rings. The van der Waals surface area contributed by atoms with Crippen LogP contribution in [0.5, 0.6) is 11.5 Å². The SMILES string of the molecule is COc1ccc(N/C=C(/C#N)C(=O)NC(c2ccccc2)c2ccccc2)c(OC)c1. The molecule has 3 aromatic rings. The normalized spacial score (nSPS) is 10.8. The Morgan fingerprint density at radius 1 is 0.935 bits per heavy atom. The quantitative estimate of drug-likeness (QED) is 0.422. The first-order valence-corrected chi connectivity index (χ1v) is 9.66. The van der Waals surface area contributed by atoms with E-state index in [0.717, 1.165) is 11.1 Å². The van der Waals surface area contributed by atoms with Gasteiger partial charge in [0.05, 0.1) is 25.9 Å². The van der Waals surface area contributed by atoms with Crippen LogP contribution in [0.4, 0.5) is 5.69 Å². The summed E-state index contributed by atoms with van der Waals surface area (Å²) in [5.74, 6) is 0.679. The molecule has 0 aliphatic heterocycles. The fraction of sp³-hybridized carbons (Fsp3) is 0.120. The largest absolute Gasteiger partial charge is 0.497 e. The summed E-state index contributed by atoms with van der Waals surface area (Å²) >= 11 is 0. The lowest BCUT2D eigenvalue weighted by molar-refractivity contribution is -0.117. The van der Waals surface area contributed by atoms with E-state index < -0.39 is 5.91 Å². The number of rotatable bonds is 8. The van der Waals surface area contributed by atoms with Gasteiger partial charge < -0.3 is 20.1 Å². The Balaban J connectivity index is 1.83. The van der Waals surface area contributed by atoms with Crippen molar-refractivity contribution in [2.75, 3.05) is 19.5 Å². The summed E-state index contributed by atoms with van der Waals surface area (Å²) in [5.41, 5.74) is 2.38. The minimum atomic E-state index is -0.486. The molecule has 31 heavy (non-hydrogen) atoms. The number of carbonyl (C=O) groups is 1. The van der Waals surface area contributed by atoms with Crippen LogP contribution in [0.25, 0.3) is 0 Å². The highest BCUT2D eigenvalue weighted by molar-refractivity contribution is 5.98. The van der Waals surface area contributed by atoms with Crippen molar-refractivity contribution in [2.45, 2.75) is 6.04 Å². The monoisotopic (exact) mass is 413 g/mol. The minimum Gasteiger partial charge on any atom is -0.497 e. The molecule has 0 aliphatic carbocycles. The number of benzene rings is 3. The number of nitrogens with one attached hydrogen (secondary N) is 2. The first-order chi connectivity index (χ1) is 15.2. The van der Waals surface area contributed by atoms with Crippen molar-refractivity contribution < 1.29 is 14.3 Å². The van der Waals surface area contributed by atoms with Crippen LogP contribution in [0.2, 0.25) is 0 Å². The van der Waals surface area contributed by atoms with Gasteiger partial charge in [0.1, 0.15) is 23.1 Å². The third-order valence-corrected chi connectivity index (χ3v) is 4.69. The number of methoxy groups -OCH3 is 2. The molecule has 3 rings (SSSR count). The molecule has 2 N–H and O–H groups in total. The molecule has 6 heteroatoms.